The van der Waals surface area contributed by atoms with E-state index in [0.717, 1.165) is 12.1 Å². The van der Waals surface area contributed by atoms with Crippen molar-refractivity contribution < 1.29 is 12.9 Å². The molecule has 6 nitrogen and oxygen atoms in total. The van der Waals surface area contributed by atoms with Crippen LogP contribution in [0.15, 0.2) is 32.4 Å². The Morgan fingerprint density at radius 3 is 2.95 bits per heavy atom. The monoisotopic (exact) mass is 301 g/mol. The van der Waals surface area contributed by atoms with E-state index in [0.29, 0.717) is 16.5 Å². The van der Waals surface area contributed by atoms with Crippen molar-refractivity contribution >= 4 is 21.4 Å². The van der Waals surface area contributed by atoms with Gasteiger partial charge in [0.25, 0.3) is 0 Å². The van der Waals surface area contributed by atoms with Crippen LogP contribution >= 0.6 is 11.3 Å². The molecule has 2 aromatic rings. The van der Waals surface area contributed by atoms with Crippen molar-refractivity contribution in [2.45, 2.75) is 24.2 Å². The molecular weight excluding hydrogens is 286 g/mol. The summed E-state index contributed by atoms with van der Waals surface area (Å²) in [4.78, 5) is 0. The standard InChI is InChI=1S/C11H15N3O3S2/c1-2-12-6-9-5-11(18-8-9)19(15,16)14-7-10-3-4-13-17-10/h3-5,8,12,14H,2,6-7H2,1H3. The van der Waals surface area contributed by atoms with E-state index < -0.39 is 10.0 Å². The van der Waals surface area contributed by atoms with E-state index in [-0.39, 0.29) is 6.54 Å². The number of sulfonamides is 1. The molecule has 0 aliphatic heterocycles. The maximum atomic E-state index is 12.0. The maximum Gasteiger partial charge on any atom is 0.250 e. The summed E-state index contributed by atoms with van der Waals surface area (Å²) in [5, 5.41) is 8.51. The molecule has 2 rings (SSSR count). The highest BCUT2D eigenvalue weighted by Crippen LogP contribution is 2.20. The maximum absolute atomic E-state index is 12.0. The minimum Gasteiger partial charge on any atom is -0.360 e. The quantitative estimate of drug-likeness (QED) is 0.806. The van der Waals surface area contributed by atoms with Gasteiger partial charge < -0.3 is 9.84 Å². The molecule has 0 amide bonds. The number of thiophene rings is 1. The molecule has 0 atom stereocenters. The zero-order valence-corrected chi connectivity index (χ0v) is 12.1. The van der Waals surface area contributed by atoms with E-state index in [9.17, 15) is 8.42 Å². The lowest BCUT2D eigenvalue weighted by atomic mass is 10.3. The number of aromatic nitrogens is 1. The number of nitrogens with one attached hydrogen (secondary N) is 2. The summed E-state index contributed by atoms with van der Waals surface area (Å²) in [5.41, 5.74) is 0.965. The van der Waals surface area contributed by atoms with Gasteiger partial charge in [-0.05, 0) is 23.6 Å². The summed E-state index contributed by atoms with van der Waals surface area (Å²) < 4.78 is 31.7. The van der Waals surface area contributed by atoms with Gasteiger partial charge in [0.1, 0.15) is 4.21 Å². The third kappa shape index (κ3) is 3.87. The van der Waals surface area contributed by atoms with Gasteiger partial charge in [0, 0.05) is 12.6 Å². The van der Waals surface area contributed by atoms with Crippen molar-refractivity contribution in [2.75, 3.05) is 6.54 Å². The Balaban J connectivity index is 2.00. The molecule has 104 valence electrons. The SMILES string of the molecule is CCNCc1csc(S(=O)(=O)NCc2ccno2)c1. The number of rotatable bonds is 7. The van der Waals surface area contributed by atoms with E-state index >= 15 is 0 Å². The molecule has 0 fully saturated rings. The summed E-state index contributed by atoms with van der Waals surface area (Å²) in [5.74, 6) is 0.480. The molecule has 0 aromatic carbocycles. The molecule has 0 unspecified atom stereocenters. The summed E-state index contributed by atoms with van der Waals surface area (Å²) in [6, 6.07) is 3.30. The fraction of sp³-hybridized carbons (Fsp3) is 0.364. The van der Waals surface area contributed by atoms with Crippen LogP contribution in [0, 0.1) is 0 Å². The third-order valence-electron chi connectivity index (χ3n) is 2.40. The highest BCUT2D eigenvalue weighted by atomic mass is 32.2. The van der Waals surface area contributed by atoms with Crippen LogP contribution in [-0.4, -0.2) is 20.1 Å². The topological polar surface area (TPSA) is 84.2 Å². The van der Waals surface area contributed by atoms with E-state index in [4.69, 9.17) is 4.52 Å². The first-order valence-corrected chi connectivity index (χ1v) is 8.15. The molecule has 0 radical (unpaired) electrons. The first-order chi connectivity index (χ1) is 9.12. The van der Waals surface area contributed by atoms with E-state index in [2.05, 4.69) is 15.2 Å². The molecule has 0 spiro atoms. The first-order valence-electron chi connectivity index (χ1n) is 5.79. The van der Waals surface area contributed by atoms with Gasteiger partial charge in [-0.2, -0.15) is 0 Å². The largest absolute Gasteiger partial charge is 0.360 e. The molecule has 0 aliphatic rings. The van der Waals surface area contributed by atoms with Gasteiger partial charge in [-0.3, -0.25) is 0 Å². The number of hydrogen-bond acceptors (Lipinski definition) is 6. The number of nitrogens with zero attached hydrogens (tertiary/aromatic N) is 1. The Labute approximate surface area is 115 Å². The Bertz CT molecular complexity index is 605. The Morgan fingerprint density at radius 1 is 1.42 bits per heavy atom. The van der Waals surface area contributed by atoms with Crippen molar-refractivity contribution in [2.24, 2.45) is 0 Å². The smallest absolute Gasteiger partial charge is 0.250 e. The van der Waals surface area contributed by atoms with E-state index in [1.807, 2.05) is 12.3 Å². The van der Waals surface area contributed by atoms with Crippen molar-refractivity contribution in [3.05, 3.63) is 35.0 Å². The van der Waals surface area contributed by atoms with Crippen molar-refractivity contribution in [1.29, 1.82) is 0 Å². The first kappa shape index (κ1) is 14.2. The fourth-order valence-electron chi connectivity index (χ4n) is 1.43. The van der Waals surface area contributed by atoms with Crippen LogP contribution in [0.2, 0.25) is 0 Å². The Kier molecular flexibility index (Phi) is 4.70. The average molecular weight is 301 g/mol. The van der Waals surface area contributed by atoms with E-state index in [1.54, 1.807) is 12.1 Å². The minimum atomic E-state index is -3.49. The van der Waals surface area contributed by atoms with Crippen LogP contribution in [0.25, 0.3) is 0 Å². The lowest BCUT2D eigenvalue weighted by Crippen LogP contribution is -2.22. The van der Waals surface area contributed by atoms with Crippen molar-refractivity contribution in [1.82, 2.24) is 15.2 Å². The molecule has 0 aliphatic carbocycles. The lowest BCUT2D eigenvalue weighted by molar-refractivity contribution is 0.380. The second-order valence-corrected chi connectivity index (χ2v) is 6.76. The predicted octanol–water partition coefficient (Wildman–Crippen LogP) is 1.32. The van der Waals surface area contributed by atoms with Crippen LogP contribution in [0.3, 0.4) is 0 Å². The summed E-state index contributed by atoms with van der Waals surface area (Å²) in [6.07, 6.45) is 1.48. The Hall–Kier alpha value is -1.22. The molecular formula is C11H15N3O3S2. The minimum absolute atomic E-state index is 0.1000. The number of hydrogen-bond donors (Lipinski definition) is 2. The second-order valence-electron chi connectivity index (χ2n) is 3.86. The second kappa shape index (κ2) is 6.29. The molecule has 19 heavy (non-hydrogen) atoms. The molecule has 2 aromatic heterocycles. The highest BCUT2D eigenvalue weighted by Gasteiger charge is 2.17. The summed E-state index contributed by atoms with van der Waals surface area (Å²) in [6.45, 7) is 3.62. The van der Waals surface area contributed by atoms with Gasteiger partial charge in [-0.25, -0.2) is 13.1 Å². The molecule has 8 heteroatoms. The molecule has 0 saturated carbocycles. The average Bonchev–Trinajstić information content (AvgIpc) is 3.05. The normalized spacial score (nSPS) is 11.8. The van der Waals surface area contributed by atoms with Crippen LogP contribution in [0.5, 0.6) is 0 Å². The van der Waals surface area contributed by atoms with Gasteiger partial charge in [-0.15, -0.1) is 11.3 Å². The van der Waals surface area contributed by atoms with Gasteiger partial charge >= 0.3 is 0 Å². The summed E-state index contributed by atoms with van der Waals surface area (Å²) in [7, 11) is -3.49. The van der Waals surface area contributed by atoms with Crippen LogP contribution < -0.4 is 10.0 Å². The van der Waals surface area contributed by atoms with Crippen LogP contribution in [0.1, 0.15) is 18.2 Å². The summed E-state index contributed by atoms with van der Waals surface area (Å²) >= 11 is 1.21. The van der Waals surface area contributed by atoms with Crippen LogP contribution in [-0.2, 0) is 23.1 Å². The molecule has 0 saturated heterocycles. The third-order valence-corrected chi connectivity index (χ3v) is 5.29. The van der Waals surface area contributed by atoms with Gasteiger partial charge in [0.05, 0.1) is 12.7 Å². The van der Waals surface area contributed by atoms with Gasteiger partial charge in [0.2, 0.25) is 10.0 Å². The van der Waals surface area contributed by atoms with Gasteiger partial charge in [-0.1, -0.05) is 12.1 Å². The van der Waals surface area contributed by atoms with Crippen molar-refractivity contribution in [3.63, 3.8) is 0 Å². The zero-order valence-electron chi connectivity index (χ0n) is 10.4. The fourth-order valence-corrected chi connectivity index (χ4v) is 3.67. The Morgan fingerprint density at radius 2 is 2.26 bits per heavy atom. The van der Waals surface area contributed by atoms with Crippen molar-refractivity contribution in [3.8, 4) is 0 Å². The predicted molar refractivity (Wildman–Crippen MR) is 72.2 cm³/mol. The molecule has 0 bridgehead atoms. The lowest BCUT2D eigenvalue weighted by Gasteiger charge is -2.01. The molecule has 2 heterocycles. The zero-order chi connectivity index (χ0) is 13.7. The molecule has 2 N–H and O–H groups in total. The van der Waals surface area contributed by atoms with Gasteiger partial charge in [0.15, 0.2) is 5.76 Å². The van der Waals surface area contributed by atoms with Crippen LogP contribution in [0.4, 0.5) is 0 Å². The van der Waals surface area contributed by atoms with E-state index in [1.165, 1.54) is 17.5 Å². The highest BCUT2D eigenvalue weighted by molar-refractivity contribution is 7.91.